The third-order valence-electron chi connectivity index (χ3n) is 3.06. The fourth-order valence-electron chi connectivity index (χ4n) is 1.96. The van der Waals surface area contributed by atoms with Crippen LogP contribution >= 0.6 is 27.7 Å². The van der Waals surface area contributed by atoms with Crippen LogP contribution in [0.1, 0.15) is 30.9 Å². The first-order chi connectivity index (χ1) is 9.08. The molecule has 0 amide bonds. The first-order valence-electron chi connectivity index (χ1n) is 6.74. The van der Waals surface area contributed by atoms with Crippen LogP contribution in [0.2, 0.25) is 0 Å². The van der Waals surface area contributed by atoms with Crippen molar-refractivity contribution >= 4 is 27.7 Å². The van der Waals surface area contributed by atoms with E-state index in [9.17, 15) is 0 Å². The second-order valence-electron chi connectivity index (χ2n) is 4.78. The van der Waals surface area contributed by atoms with E-state index in [0.717, 1.165) is 41.8 Å². The van der Waals surface area contributed by atoms with Gasteiger partial charge in [0, 0.05) is 10.5 Å². The van der Waals surface area contributed by atoms with Crippen molar-refractivity contribution in [1.82, 2.24) is 0 Å². The average molecular weight is 346 g/mol. The molecule has 19 heavy (non-hydrogen) atoms. The van der Waals surface area contributed by atoms with Crippen molar-refractivity contribution in [3.8, 4) is 5.75 Å². The second-order valence-corrected chi connectivity index (χ2v) is 6.68. The molecule has 1 aromatic carbocycles. The lowest BCUT2D eigenvalue weighted by Crippen LogP contribution is -2.22. The predicted molar refractivity (Wildman–Crippen MR) is 89.3 cm³/mol. The summed E-state index contributed by atoms with van der Waals surface area (Å²) in [4.78, 5) is 0. The van der Waals surface area contributed by atoms with E-state index in [1.54, 1.807) is 0 Å². The quantitative estimate of drug-likeness (QED) is 0.718. The zero-order valence-corrected chi connectivity index (χ0v) is 14.4. The Labute approximate surface area is 129 Å². The predicted octanol–water partition coefficient (Wildman–Crippen LogP) is 4.17. The lowest BCUT2D eigenvalue weighted by molar-refractivity contribution is 0.312. The Balaban J connectivity index is 2.80. The summed E-state index contributed by atoms with van der Waals surface area (Å²) in [6.07, 6.45) is 5.05. The molecular formula is C15H24BrNOS. The minimum Gasteiger partial charge on any atom is -0.493 e. The van der Waals surface area contributed by atoms with Gasteiger partial charge in [-0.3, -0.25) is 0 Å². The van der Waals surface area contributed by atoms with Gasteiger partial charge in [-0.05, 0) is 61.5 Å². The molecule has 0 bridgehead atoms. The highest BCUT2D eigenvalue weighted by atomic mass is 79.9. The van der Waals surface area contributed by atoms with E-state index >= 15 is 0 Å². The molecule has 2 nitrogen and oxygen atoms in total. The number of benzene rings is 1. The lowest BCUT2D eigenvalue weighted by Gasteiger charge is -2.17. The van der Waals surface area contributed by atoms with Gasteiger partial charge < -0.3 is 10.5 Å². The molecule has 108 valence electrons. The molecule has 2 N–H and O–H groups in total. The molecule has 0 saturated heterocycles. The van der Waals surface area contributed by atoms with E-state index < -0.39 is 0 Å². The number of thioether (sulfide) groups is 1. The normalized spacial score (nSPS) is 12.5. The average Bonchev–Trinajstić information content (AvgIpc) is 2.36. The fraction of sp³-hybridized carbons (Fsp3) is 0.600. The molecule has 1 rings (SSSR count). The highest BCUT2D eigenvalue weighted by Gasteiger charge is 2.12. The molecule has 1 aromatic rings. The Morgan fingerprint density at radius 2 is 2.16 bits per heavy atom. The summed E-state index contributed by atoms with van der Waals surface area (Å²) in [5, 5.41) is 0. The third-order valence-corrected chi connectivity index (χ3v) is 4.22. The van der Waals surface area contributed by atoms with Gasteiger partial charge in [-0.2, -0.15) is 11.8 Å². The molecule has 4 heteroatoms. The first-order valence-corrected chi connectivity index (χ1v) is 8.93. The molecule has 0 spiro atoms. The van der Waals surface area contributed by atoms with Gasteiger partial charge in [0.25, 0.3) is 0 Å². The van der Waals surface area contributed by atoms with Crippen molar-refractivity contribution in [3.05, 3.63) is 27.7 Å². The summed E-state index contributed by atoms with van der Waals surface area (Å²) >= 11 is 5.41. The van der Waals surface area contributed by atoms with Crippen LogP contribution in [0.3, 0.4) is 0 Å². The summed E-state index contributed by atoms with van der Waals surface area (Å²) in [5.74, 6) is 2.16. The van der Waals surface area contributed by atoms with Crippen LogP contribution in [0.5, 0.6) is 5.75 Å². The van der Waals surface area contributed by atoms with Crippen molar-refractivity contribution < 1.29 is 4.74 Å². The summed E-state index contributed by atoms with van der Waals surface area (Å²) < 4.78 is 7.08. The number of nitrogens with two attached hydrogens (primary N) is 1. The number of ether oxygens (including phenoxy) is 1. The topological polar surface area (TPSA) is 35.2 Å². The third kappa shape index (κ3) is 5.76. The zero-order valence-electron chi connectivity index (χ0n) is 12.0. The lowest BCUT2D eigenvalue weighted by atomic mass is 10.0. The van der Waals surface area contributed by atoms with Crippen LogP contribution in [0.25, 0.3) is 0 Å². The maximum atomic E-state index is 6.08. The summed E-state index contributed by atoms with van der Waals surface area (Å²) in [5.41, 5.74) is 8.47. The van der Waals surface area contributed by atoms with E-state index in [0.29, 0.717) is 0 Å². The molecule has 0 aromatic heterocycles. The first kappa shape index (κ1) is 16.9. The Morgan fingerprint density at radius 1 is 1.42 bits per heavy atom. The minimum atomic E-state index is 0.197. The Morgan fingerprint density at radius 3 is 2.79 bits per heavy atom. The summed E-state index contributed by atoms with van der Waals surface area (Å²) in [7, 11) is 0. The van der Waals surface area contributed by atoms with E-state index in [4.69, 9.17) is 10.5 Å². The number of rotatable bonds is 8. The molecule has 0 heterocycles. The molecule has 0 aliphatic heterocycles. The van der Waals surface area contributed by atoms with Gasteiger partial charge in [-0.15, -0.1) is 0 Å². The fourth-order valence-corrected chi connectivity index (χ4v) is 2.99. The zero-order chi connectivity index (χ0) is 14.3. The number of aryl methyl sites for hydroxylation is 1. The Bertz CT molecular complexity index is 398. The second kappa shape index (κ2) is 8.88. The van der Waals surface area contributed by atoms with Crippen LogP contribution in [-0.4, -0.2) is 24.7 Å². The van der Waals surface area contributed by atoms with Crippen molar-refractivity contribution in [3.63, 3.8) is 0 Å². The standard InChI is InChI=1S/C15H24BrNOS/c1-4-14(17)10-12-9-13(16)8-11(2)15(12)18-6-5-7-19-3/h8-9,14H,4-7,10,17H2,1-3H3. The largest absolute Gasteiger partial charge is 0.493 e. The number of halogens is 1. The van der Waals surface area contributed by atoms with Crippen LogP contribution < -0.4 is 10.5 Å². The van der Waals surface area contributed by atoms with Crippen LogP contribution in [0.4, 0.5) is 0 Å². The van der Waals surface area contributed by atoms with Gasteiger partial charge >= 0.3 is 0 Å². The Kier molecular flexibility index (Phi) is 7.88. The van der Waals surface area contributed by atoms with Crippen molar-refractivity contribution in [2.24, 2.45) is 5.73 Å². The van der Waals surface area contributed by atoms with Gasteiger partial charge in [0.05, 0.1) is 6.61 Å². The van der Waals surface area contributed by atoms with Crippen molar-refractivity contribution in [1.29, 1.82) is 0 Å². The molecule has 1 atom stereocenters. The van der Waals surface area contributed by atoms with Gasteiger partial charge in [0.2, 0.25) is 0 Å². The van der Waals surface area contributed by atoms with Gasteiger partial charge in [-0.25, -0.2) is 0 Å². The highest BCUT2D eigenvalue weighted by Crippen LogP contribution is 2.29. The number of hydrogen-bond acceptors (Lipinski definition) is 3. The molecule has 0 fully saturated rings. The van der Waals surface area contributed by atoms with Crippen molar-refractivity contribution in [2.75, 3.05) is 18.6 Å². The molecule has 0 saturated carbocycles. The van der Waals surface area contributed by atoms with Gasteiger partial charge in [0.1, 0.15) is 5.75 Å². The van der Waals surface area contributed by atoms with Gasteiger partial charge in [0.15, 0.2) is 0 Å². The number of hydrogen-bond donors (Lipinski definition) is 1. The molecule has 1 unspecified atom stereocenters. The molecular weight excluding hydrogens is 322 g/mol. The van der Waals surface area contributed by atoms with E-state index in [-0.39, 0.29) is 6.04 Å². The van der Waals surface area contributed by atoms with Gasteiger partial charge in [-0.1, -0.05) is 22.9 Å². The Hall–Kier alpha value is -0.190. The maximum absolute atomic E-state index is 6.08. The van der Waals surface area contributed by atoms with E-state index in [1.807, 2.05) is 11.8 Å². The minimum absolute atomic E-state index is 0.197. The molecule has 0 aliphatic carbocycles. The van der Waals surface area contributed by atoms with Crippen molar-refractivity contribution in [2.45, 2.75) is 39.2 Å². The maximum Gasteiger partial charge on any atom is 0.125 e. The van der Waals surface area contributed by atoms with Crippen LogP contribution in [0.15, 0.2) is 16.6 Å². The monoisotopic (exact) mass is 345 g/mol. The molecule has 0 radical (unpaired) electrons. The van der Waals surface area contributed by atoms with Crippen LogP contribution in [-0.2, 0) is 6.42 Å². The van der Waals surface area contributed by atoms with E-state index in [1.165, 1.54) is 11.1 Å². The summed E-state index contributed by atoms with van der Waals surface area (Å²) in [6.45, 7) is 4.99. The summed E-state index contributed by atoms with van der Waals surface area (Å²) in [6, 6.07) is 4.43. The smallest absolute Gasteiger partial charge is 0.125 e. The highest BCUT2D eigenvalue weighted by molar-refractivity contribution is 9.10. The SMILES string of the molecule is CCC(N)Cc1cc(Br)cc(C)c1OCCCSC. The van der Waals surface area contributed by atoms with E-state index in [2.05, 4.69) is 48.2 Å². The van der Waals surface area contributed by atoms with Crippen LogP contribution in [0, 0.1) is 6.92 Å². The molecule has 0 aliphatic rings.